The first kappa shape index (κ1) is 21.9. The number of hydrogen-bond donors (Lipinski definition) is 2. The minimum atomic E-state index is -4.73. The molecule has 0 aliphatic carbocycles. The van der Waals surface area contributed by atoms with Crippen molar-refractivity contribution in [3.63, 3.8) is 0 Å². The van der Waals surface area contributed by atoms with Crippen molar-refractivity contribution in [3.05, 3.63) is 66.1 Å². The number of carbonyl (C=O) groups is 1. The third-order valence-corrected chi connectivity index (χ3v) is 4.62. The van der Waals surface area contributed by atoms with Gasteiger partial charge < -0.3 is 9.47 Å². The van der Waals surface area contributed by atoms with E-state index in [2.05, 4.69) is 20.5 Å². The van der Waals surface area contributed by atoms with Crippen LogP contribution in [0.5, 0.6) is 11.5 Å². The molecule has 2 aromatic heterocycles. The van der Waals surface area contributed by atoms with Crippen LogP contribution in [0.2, 0.25) is 0 Å². The average molecular weight is 458 g/mol. The smallest absolute Gasteiger partial charge is 0.451 e. The fourth-order valence-electron chi connectivity index (χ4n) is 3.06. The minimum absolute atomic E-state index is 0.0701. The van der Waals surface area contributed by atoms with Crippen LogP contribution in [-0.2, 0) is 6.18 Å². The third kappa shape index (κ3) is 4.49. The lowest BCUT2D eigenvalue weighted by Crippen LogP contribution is -2.14. The second-order valence-electron chi connectivity index (χ2n) is 6.70. The molecule has 0 fully saturated rings. The highest BCUT2D eigenvalue weighted by Crippen LogP contribution is 2.35. The summed E-state index contributed by atoms with van der Waals surface area (Å²) in [6.45, 7) is 0. The molecule has 0 atom stereocenters. The van der Waals surface area contributed by atoms with Crippen LogP contribution >= 0.6 is 0 Å². The maximum atomic E-state index is 13.0. The van der Waals surface area contributed by atoms with Crippen LogP contribution in [0.4, 0.5) is 19.1 Å². The Kier molecular flexibility index (Phi) is 5.73. The lowest BCUT2D eigenvalue weighted by molar-refractivity contribution is -0.144. The lowest BCUT2D eigenvalue weighted by Gasteiger charge is -2.10. The first-order valence-electron chi connectivity index (χ1n) is 9.48. The molecule has 4 rings (SSSR count). The molecule has 0 aliphatic heterocycles. The van der Waals surface area contributed by atoms with Crippen molar-refractivity contribution in [2.45, 2.75) is 6.18 Å². The fourth-order valence-corrected chi connectivity index (χ4v) is 3.06. The summed E-state index contributed by atoms with van der Waals surface area (Å²) >= 11 is 0. The van der Waals surface area contributed by atoms with Crippen LogP contribution in [0.15, 0.2) is 54.7 Å². The number of nitrogens with zero attached hydrogens (tertiary/aromatic N) is 4. The number of ether oxygens (including phenoxy) is 2. The van der Waals surface area contributed by atoms with Gasteiger partial charge in [-0.05, 0) is 24.3 Å². The van der Waals surface area contributed by atoms with E-state index < -0.39 is 23.9 Å². The average Bonchev–Trinajstić information content (AvgIpc) is 3.47. The third-order valence-electron chi connectivity index (χ3n) is 4.62. The Morgan fingerprint density at radius 1 is 1.09 bits per heavy atom. The van der Waals surface area contributed by atoms with Gasteiger partial charge in [0.1, 0.15) is 17.2 Å². The number of benzene rings is 2. The van der Waals surface area contributed by atoms with Crippen molar-refractivity contribution in [2.75, 3.05) is 19.5 Å². The summed E-state index contributed by atoms with van der Waals surface area (Å²) < 4.78 is 50.5. The molecule has 2 aromatic carbocycles. The fraction of sp³-hybridized carbons (Fsp3) is 0.143. The standard InChI is InChI=1S/C21H17F3N6O3/c1-32-13-8-9-14(16(10-13)33-2)17-15(11-30(29-17)12-6-4-3-5-7-12)18(31)25-20-26-19(27-28-20)21(22,23)24/h3-11H,1-2H3,(H2,25,26,27,28,31). The summed E-state index contributed by atoms with van der Waals surface area (Å²) in [6, 6.07) is 14.0. The lowest BCUT2D eigenvalue weighted by atomic mass is 10.1. The van der Waals surface area contributed by atoms with Crippen molar-refractivity contribution in [1.29, 1.82) is 0 Å². The molecule has 4 aromatic rings. The summed E-state index contributed by atoms with van der Waals surface area (Å²) in [6.07, 6.45) is -3.27. The Balaban J connectivity index is 1.77. The largest absolute Gasteiger partial charge is 0.497 e. The molecule has 0 saturated carbocycles. The van der Waals surface area contributed by atoms with E-state index in [-0.39, 0.29) is 11.3 Å². The molecule has 2 heterocycles. The molecule has 0 unspecified atom stereocenters. The molecule has 1 amide bonds. The van der Waals surface area contributed by atoms with Gasteiger partial charge >= 0.3 is 6.18 Å². The Morgan fingerprint density at radius 2 is 1.85 bits per heavy atom. The molecule has 0 saturated heterocycles. The molecular formula is C21H17F3N6O3. The monoisotopic (exact) mass is 458 g/mol. The second-order valence-corrected chi connectivity index (χ2v) is 6.70. The maximum absolute atomic E-state index is 13.0. The minimum Gasteiger partial charge on any atom is -0.497 e. The summed E-state index contributed by atoms with van der Waals surface area (Å²) in [4.78, 5) is 16.3. The Hall–Kier alpha value is -4.35. The molecule has 12 heteroatoms. The number of para-hydroxylation sites is 1. The molecule has 0 radical (unpaired) electrons. The van der Waals surface area contributed by atoms with E-state index in [0.717, 1.165) is 0 Å². The van der Waals surface area contributed by atoms with Crippen molar-refractivity contribution >= 4 is 11.9 Å². The van der Waals surface area contributed by atoms with Gasteiger partial charge in [0.05, 0.1) is 25.5 Å². The highest BCUT2D eigenvalue weighted by atomic mass is 19.4. The van der Waals surface area contributed by atoms with Crippen molar-refractivity contribution in [3.8, 4) is 28.4 Å². The normalized spacial score (nSPS) is 11.3. The second kappa shape index (κ2) is 8.65. The van der Waals surface area contributed by atoms with Gasteiger partial charge in [0.2, 0.25) is 11.8 Å². The van der Waals surface area contributed by atoms with Crippen LogP contribution in [0, 0.1) is 0 Å². The number of aromatic nitrogens is 5. The van der Waals surface area contributed by atoms with E-state index in [1.54, 1.807) is 47.6 Å². The van der Waals surface area contributed by atoms with E-state index in [4.69, 9.17) is 9.47 Å². The van der Waals surface area contributed by atoms with Gasteiger partial charge in [-0.1, -0.05) is 18.2 Å². The zero-order valence-corrected chi connectivity index (χ0v) is 17.3. The number of hydrogen-bond acceptors (Lipinski definition) is 6. The zero-order valence-electron chi connectivity index (χ0n) is 17.3. The molecule has 33 heavy (non-hydrogen) atoms. The Morgan fingerprint density at radius 3 is 2.48 bits per heavy atom. The number of nitrogens with one attached hydrogen (secondary N) is 2. The number of amides is 1. The van der Waals surface area contributed by atoms with Crippen LogP contribution < -0.4 is 14.8 Å². The Labute approximate surface area is 185 Å². The van der Waals surface area contributed by atoms with Gasteiger partial charge in [-0.15, -0.1) is 5.10 Å². The molecule has 0 spiro atoms. The van der Waals surface area contributed by atoms with Crippen LogP contribution in [-0.4, -0.2) is 45.1 Å². The topological polar surface area (TPSA) is 107 Å². The molecule has 0 bridgehead atoms. The quantitative estimate of drug-likeness (QED) is 0.453. The van der Waals surface area contributed by atoms with E-state index >= 15 is 0 Å². The summed E-state index contributed by atoms with van der Waals surface area (Å²) in [7, 11) is 2.96. The van der Waals surface area contributed by atoms with Gasteiger partial charge in [0, 0.05) is 17.8 Å². The van der Waals surface area contributed by atoms with E-state index in [9.17, 15) is 18.0 Å². The number of methoxy groups -OCH3 is 2. The van der Waals surface area contributed by atoms with Crippen LogP contribution in [0.25, 0.3) is 16.9 Å². The molecule has 9 nitrogen and oxygen atoms in total. The number of alkyl halides is 3. The maximum Gasteiger partial charge on any atom is 0.451 e. The van der Waals surface area contributed by atoms with Crippen molar-refractivity contribution in [1.82, 2.24) is 25.0 Å². The van der Waals surface area contributed by atoms with Crippen molar-refractivity contribution < 1.29 is 27.4 Å². The van der Waals surface area contributed by atoms with Gasteiger partial charge in [-0.2, -0.15) is 23.3 Å². The number of anilines is 1. The number of aromatic amines is 1. The van der Waals surface area contributed by atoms with Crippen LogP contribution in [0.3, 0.4) is 0 Å². The summed E-state index contributed by atoms with van der Waals surface area (Å²) in [5, 5.41) is 12.0. The van der Waals surface area contributed by atoms with Gasteiger partial charge in [0.15, 0.2) is 0 Å². The highest BCUT2D eigenvalue weighted by molar-refractivity contribution is 6.07. The van der Waals surface area contributed by atoms with Gasteiger partial charge in [-0.3, -0.25) is 15.2 Å². The van der Waals surface area contributed by atoms with E-state index in [0.29, 0.717) is 22.7 Å². The number of halogens is 3. The Bertz CT molecular complexity index is 1280. The number of rotatable bonds is 6. The van der Waals surface area contributed by atoms with Crippen molar-refractivity contribution in [2.24, 2.45) is 0 Å². The van der Waals surface area contributed by atoms with Gasteiger partial charge in [0.25, 0.3) is 5.91 Å². The summed E-state index contributed by atoms with van der Waals surface area (Å²) in [5.74, 6) is -1.68. The summed E-state index contributed by atoms with van der Waals surface area (Å²) in [5.41, 5.74) is 1.45. The number of H-pyrrole nitrogens is 1. The molecule has 0 aliphatic rings. The van der Waals surface area contributed by atoms with Gasteiger partial charge in [-0.25, -0.2) is 4.68 Å². The van der Waals surface area contributed by atoms with Crippen LogP contribution in [0.1, 0.15) is 16.2 Å². The predicted octanol–water partition coefficient (Wildman–Crippen LogP) is 3.95. The SMILES string of the molecule is COc1ccc(-c2nn(-c3ccccc3)cc2C(=O)Nc2n[nH]c(C(F)(F)F)n2)c(OC)c1. The van der Waals surface area contributed by atoms with E-state index in [1.807, 2.05) is 6.07 Å². The molecule has 170 valence electrons. The number of carbonyl (C=O) groups excluding carboxylic acids is 1. The van der Waals surface area contributed by atoms with E-state index in [1.165, 1.54) is 25.1 Å². The first-order chi connectivity index (χ1) is 15.8. The predicted molar refractivity (Wildman–Crippen MR) is 111 cm³/mol. The first-order valence-corrected chi connectivity index (χ1v) is 9.48. The molecule has 2 N–H and O–H groups in total. The highest BCUT2D eigenvalue weighted by Gasteiger charge is 2.35. The molecular weight excluding hydrogens is 441 g/mol. The zero-order chi connectivity index (χ0) is 23.6.